The highest BCUT2D eigenvalue weighted by Crippen LogP contribution is 2.33. The molecule has 1 aliphatic heterocycles. The van der Waals surface area contributed by atoms with Crippen LogP contribution in [0, 0.1) is 11.6 Å². The van der Waals surface area contributed by atoms with Crippen molar-refractivity contribution in [1.29, 1.82) is 0 Å². The van der Waals surface area contributed by atoms with Crippen LogP contribution in [0.4, 0.5) is 20.3 Å². The molecule has 3 heterocycles. The second-order valence-electron chi connectivity index (χ2n) is 9.54. The van der Waals surface area contributed by atoms with Gasteiger partial charge in [0.25, 0.3) is 10.0 Å². The summed E-state index contributed by atoms with van der Waals surface area (Å²) in [5.41, 5.74) is 1.05. The van der Waals surface area contributed by atoms with Gasteiger partial charge in [0, 0.05) is 55.5 Å². The van der Waals surface area contributed by atoms with Crippen molar-refractivity contribution in [3.05, 3.63) is 78.8 Å². The molecule has 0 unspecified atom stereocenters. The topological polar surface area (TPSA) is 135 Å². The number of amides is 1. The van der Waals surface area contributed by atoms with Gasteiger partial charge in [-0.2, -0.15) is 0 Å². The molecule has 0 bridgehead atoms. The van der Waals surface area contributed by atoms with Gasteiger partial charge < -0.3 is 14.5 Å². The lowest BCUT2D eigenvalue weighted by molar-refractivity contribution is -0.126. The number of rotatable bonds is 8. The van der Waals surface area contributed by atoms with Crippen LogP contribution in [0.5, 0.6) is 5.88 Å². The van der Waals surface area contributed by atoms with Gasteiger partial charge in [-0.15, -0.1) is 0 Å². The number of nitrogens with one attached hydrogen (secondary N) is 1. The van der Waals surface area contributed by atoms with Crippen molar-refractivity contribution in [2.75, 3.05) is 42.8 Å². The minimum absolute atomic E-state index is 0.226. The molecule has 222 valence electrons. The third-order valence-corrected chi connectivity index (χ3v) is 8.07. The zero-order valence-corrected chi connectivity index (χ0v) is 23.4. The van der Waals surface area contributed by atoms with Crippen LogP contribution in [0.25, 0.3) is 22.0 Å². The van der Waals surface area contributed by atoms with Gasteiger partial charge in [-0.1, -0.05) is 6.07 Å². The monoisotopic (exact) mass is 611 g/mol. The SMILES string of the molecule is [2H]C([2H])([2H])Oc1ncc(-c2ccc3ncnc(N4CCN(C(=O)/C=C/C(C)=O)CC4)c3c2)cc1NS(=O)(=O)c1ccc(F)cc1F. The summed E-state index contributed by atoms with van der Waals surface area (Å²) in [4.78, 5) is 39.1. The highest BCUT2D eigenvalue weighted by atomic mass is 32.2. The molecule has 1 amide bonds. The maximum absolute atomic E-state index is 14.4. The Balaban J connectivity index is 1.48. The summed E-state index contributed by atoms with van der Waals surface area (Å²) >= 11 is 0. The molecule has 0 spiro atoms. The number of anilines is 2. The fourth-order valence-corrected chi connectivity index (χ4v) is 5.67. The molecule has 1 fully saturated rings. The summed E-state index contributed by atoms with van der Waals surface area (Å²) in [6.45, 7) is 3.04. The van der Waals surface area contributed by atoms with Crippen LogP contribution in [-0.2, 0) is 19.6 Å². The second-order valence-corrected chi connectivity index (χ2v) is 11.2. The number of fused-ring (bicyclic) bond motifs is 1. The zero-order valence-electron chi connectivity index (χ0n) is 25.6. The second kappa shape index (κ2) is 12.1. The molecule has 0 atom stereocenters. The number of methoxy groups -OCH3 is 1. The summed E-state index contributed by atoms with van der Waals surface area (Å²) in [5, 5.41) is 0.634. The first-order valence-electron chi connectivity index (χ1n) is 14.3. The molecule has 2 aromatic carbocycles. The average Bonchev–Trinajstić information content (AvgIpc) is 2.99. The third-order valence-electron chi connectivity index (χ3n) is 6.67. The minimum Gasteiger partial charge on any atom is -0.480 e. The molecule has 0 saturated carbocycles. The van der Waals surface area contributed by atoms with E-state index in [-0.39, 0.29) is 11.7 Å². The van der Waals surface area contributed by atoms with Crippen LogP contribution in [0.3, 0.4) is 0 Å². The van der Waals surface area contributed by atoms with Crippen LogP contribution < -0.4 is 14.4 Å². The largest absolute Gasteiger partial charge is 0.480 e. The Morgan fingerprint density at radius 1 is 1.00 bits per heavy atom. The number of benzene rings is 2. The van der Waals surface area contributed by atoms with Crippen LogP contribution in [-0.4, -0.2) is 73.2 Å². The summed E-state index contributed by atoms with van der Waals surface area (Å²) in [5.74, 6) is -2.84. The Labute approximate surface area is 250 Å². The van der Waals surface area contributed by atoms with Gasteiger partial charge in [-0.25, -0.2) is 32.2 Å². The molecule has 1 aliphatic rings. The number of hydrogen-bond donors (Lipinski definition) is 1. The fraction of sp³-hybridized carbons (Fsp3) is 0.207. The normalized spacial score (nSPS) is 15.2. The number of ketones is 1. The molecular weight excluding hydrogens is 582 g/mol. The summed E-state index contributed by atoms with van der Waals surface area (Å²) in [6, 6.07) is 8.33. The van der Waals surface area contributed by atoms with E-state index in [1.165, 1.54) is 37.7 Å². The van der Waals surface area contributed by atoms with Gasteiger partial charge in [0.15, 0.2) is 5.78 Å². The van der Waals surface area contributed by atoms with Gasteiger partial charge in [-0.05, 0) is 48.9 Å². The van der Waals surface area contributed by atoms with Gasteiger partial charge in [-0.3, -0.25) is 14.3 Å². The van der Waals surface area contributed by atoms with Crippen molar-refractivity contribution >= 4 is 44.1 Å². The number of carbonyl (C=O) groups excluding carboxylic acids is 2. The first kappa shape index (κ1) is 25.7. The maximum atomic E-state index is 14.4. The standard InChI is InChI=1S/C29H26F2N6O5S/c1-18(38)3-8-27(39)36-9-11-37(12-10-36)28-22-13-19(4-6-24(22)33-17-34-28)20-14-25(29(42-2)32-16-20)35-43(40,41)26-7-5-21(30)15-23(26)31/h3-8,13-17,35H,9-12H2,1-2H3/b8-3+/i2D3. The van der Waals surface area contributed by atoms with E-state index in [0.29, 0.717) is 60.1 Å². The smallest absolute Gasteiger partial charge is 0.264 e. The van der Waals surface area contributed by atoms with Crippen molar-refractivity contribution < 1.29 is 35.6 Å². The number of carbonyl (C=O) groups is 2. The number of halogens is 2. The first-order chi connectivity index (χ1) is 21.7. The van der Waals surface area contributed by atoms with Gasteiger partial charge in [0.2, 0.25) is 11.8 Å². The number of hydrogen-bond acceptors (Lipinski definition) is 9. The lowest BCUT2D eigenvalue weighted by atomic mass is 10.0. The van der Waals surface area contributed by atoms with E-state index < -0.39 is 45.2 Å². The molecule has 1 saturated heterocycles. The van der Waals surface area contributed by atoms with E-state index >= 15 is 0 Å². The predicted octanol–water partition coefficient (Wildman–Crippen LogP) is 3.57. The summed E-state index contributed by atoms with van der Waals surface area (Å²) in [6.07, 6.45) is 5.16. The number of sulfonamides is 1. The van der Waals surface area contributed by atoms with E-state index in [0.717, 1.165) is 12.1 Å². The molecule has 43 heavy (non-hydrogen) atoms. The minimum atomic E-state index is -4.68. The highest BCUT2D eigenvalue weighted by Gasteiger charge is 2.24. The molecule has 2 aromatic heterocycles. The van der Waals surface area contributed by atoms with E-state index in [9.17, 15) is 26.8 Å². The lowest BCUT2D eigenvalue weighted by Gasteiger charge is -2.35. The molecule has 11 nitrogen and oxygen atoms in total. The number of piperazine rings is 1. The first-order valence-corrected chi connectivity index (χ1v) is 14.3. The summed E-state index contributed by atoms with van der Waals surface area (Å²) < 4.78 is 83.3. The molecule has 0 aliphatic carbocycles. The van der Waals surface area contributed by atoms with E-state index in [1.807, 2.05) is 4.90 Å². The van der Waals surface area contributed by atoms with Crippen molar-refractivity contribution in [1.82, 2.24) is 19.9 Å². The number of nitrogens with zero attached hydrogens (tertiary/aromatic N) is 5. The quantitative estimate of drug-likeness (QED) is 0.297. The van der Waals surface area contributed by atoms with Crippen LogP contribution >= 0.6 is 0 Å². The Morgan fingerprint density at radius 3 is 2.51 bits per heavy atom. The van der Waals surface area contributed by atoms with Crippen molar-refractivity contribution in [3.63, 3.8) is 0 Å². The molecule has 4 aromatic rings. The van der Waals surface area contributed by atoms with Crippen LogP contribution in [0.2, 0.25) is 0 Å². The predicted molar refractivity (Wildman–Crippen MR) is 155 cm³/mol. The Bertz CT molecular complexity index is 1970. The van der Waals surface area contributed by atoms with E-state index in [1.54, 1.807) is 23.1 Å². The van der Waals surface area contributed by atoms with Crippen molar-refractivity contribution in [2.45, 2.75) is 11.8 Å². The average molecular weight is 612 g/mol. The van der Waals surface area contributed by atoms with Crippen molar-refractivity contribution in [3.8, 4) is 17.0 Å². The lowest BCUT2D eigenvalue weighted by Crippen LogP contribution is -2.48. The molecule has 1 N–H and O–H groups in total. The highest BCUT2D eigenvalue weighted by molar-refractivity contribution is 7.92. The van der Waals surface area contributed by atoms with E-state index in [4.69, 9.17) is 8.85 Å². The number of allylic oxidation sites excluding steroid dienone is 1. The van der Waals surface area contributed by atoms with Gasteiger partial charge >= 0.3 is 0 Å². The third kappa shape index (κ3) is 6.43. The Morgan fingerprint density at radius 2 is 1.79 bits per heavy atom. The van der Waals surface area contributed by atoms with Gasteiger partial charge in [0.1, 0.15) is 34.4 Å². The number of pyridine rings is 1. The van der Waals surface area contributed by atoms with Crippen molar-refractivity contribution in [2.24, 2.45) is 0 Å². The Hall–Kier alpha value is -4.98. The number of ether oxygens (including phenoxy) is 1. The van der Waals surface area contributed by atoms with E-state index in [2.05, 4.69) is 19.7 Å². The van der Waals surface area contributed by atoms with Crippen LogP contribution in [0.1, 0.15) is 11.0 Å². The number of aromatic nitrogens is 3. The Kier molecular flexibility index (Phi) is 7.23. The molecule has 5 rings (SSSR count). The zero-order chi connectivity index (χ0) is 33.2. The molecule has 14 heteroatoms. The van der Waals surface area contributed by atoms with Crippen LogP contribution in [0.15, 0.2) is 72.0 Å². The van der Waals surface area contributed by atoms with Gasteiger partial charge in [0.05, 0.1) is 16.7 Å². The molecular formula is C29H26F2N6O5S. The maximum Gasteiger partial charge on any atom is 0.264 e. The molecule has 0 radical (unpaired) electrons. The fourth-order valence-electron chi connectivity index (χ4n) is 4.56. The summed E-state index contributed by atoms with van der Waals surface area (Å²) in [7, 11) is -7.68.